The van der Waals surface area contributed by atoms with Crippen molar-refractivity contribution in [1.82, 2.24) is 9.78 Å². The minimum atomic E-state index is -0.327. The zero-order chi connectivity index (χ0) is 19.8. The Morgan fingerprint density at radius 1 is 0.750 bits per heavy atom. The highest BCUT2D eigenvalue weighted by Gasteiger charge is 2.20. The lowest BCUT2D eigenvalue weighted by molar-refractivity contribution is 0.627. The van der Waals surface area contributed by atoms with Crippen LogP contribution in [0.15, 0.2) is 66.7 Å². The molecule has 5 heteroatoms. The maximum atomic E-state index is 13.4. The van der Waals surface area contributed by atoms with Crippen LogP contribution in [-0.4, -0.2) is 9.78 Å². The highest BCUT2D eigenvalue weighted by atomic mass is 35.5. The van der Waals surface area contributed by atoms with Crippen LogP contribution in [0.1, 0.15) is 11.1 Å². The zero-order valence-corrected chi connectivity index (χ0v) is 16.1. The van der Waals surface area contributed by atoms with Gasteiger partial charge in [0.05, 0.1) is 16.4 Å². The number of nitrogens with zero attached hydrogens (tertiary/aromatic N) is 2. The molecular weight excluding hydrogens is 378 g/mol. The Bertz CT molecular complexity index is 1150. The molecule has 0 aliphatic carbocycles. The van der Waals surface area contributed by atoms with Gasteiger partial charge in [-0.3, -0.25) is 0 Å². The van der Waals surface area contributed by atoms with E-state index < -0.39 is 0 Å². The van der Waals surface area contributed by atoms with Gasteiger partial charge in [-0.25, -0.2) is 13.5 Å². The number of benzene rings is 3. The van der Waals surface area contributed by atoms with E-state index in [0.717, 1.165) is 16.8 Å². The van der Waals surface area contributed by atoms with Crippen LogP contribution in [0.2, 0.25) is 5.02 Å². The molecule has 0 radical (unpaired) electrons. The number of halogens is 3. The second-order valence-corrected chi connectivity index (χ2v) is 7.08. The van der Waals surface area contributed by atoms with E-state index in [9.17, 15) is 8.78 Å². The van der Waals surface area contributed by atoms with E-state index in [1.165, 1.54) is 29.8 Å². The van der Waals surface area contributed by atoms with Crippen molar-refractivity contribution in [3.8, 4) is 28.2 Å². The molecule has 1 aromatic heterocycles. The molecule has 0 spiro atoms. The fraction of sp³-hybridized carbons (Fsp3) is 0.0870. The number of aryl methyl sites for hydroxylation is 2. The monoisotopic (exact) mass is 394 g/mol. The topological polar surface area (TPSA) is 17.8 Å². The average Bonchev–Trinajstić information content (AvgIpc) is 3.02. The van der Waals surface area contributed by atoms with Crippen molar-refractivity contribution in [3.05, 3.63) is 94.5 Å². The van der Waals surface area contributed by atoms with Crippen LogP contribution in [0.4, 0.5) is 8.78 Å². The first-order chi connectivity index (χ1) is 13.4. The van der Waals surface area contributed by atoms with Crippen LogP contribution < -0.4 is 0 Å². The van der Waals surface area contributed by atoms with Crippen LogP contribution in [-0.2, 0) is 0 Å². The van der Waals surface area contributed by atoms with Gasteiger partial charge >= 0.3 is 0 Å². The van der Waals surface area contributed by atoms with Gasteiger partial charge in [-0.05, 0) is 85.6 Å². The fourth-order valence-electron chi connectivity index (χ4n) is 3.09. The van der Waals surface area contributed by atoms with E-state index in [4.69, 9.17) is 16.7 Å². The maximum absolute atomic E-state index is 13.4. The Balaban J connectivity index is 1.97. The maximum Gasteiger partial charge on any atom is 0.123 e. The smallest absolute Gasteiger partial charge is 0.123 e. The van der Waals surface area contributed by atoms with Gasteiger partial charge in [0, 0.05) is 11.1 Å². The van der Waals surface area contributed by atoms with E-state index in [1.807, 2.05) is 32.0 Å². The lowest BCUT2D eigenvalue weighted by Gasteiger charge is -2.10. The van der Waals surface area contributed by atoms with Gasteiger partial charge in [-0.2, -0.15) is 5.10 Å². The third-order valence-electron chi connectivity index (χ3n) is 4.80. The van der Waals surface area contributed by atoms with Crippen LogP contribution >= 0.6 is 11.6 Å². The van der Waals surface area contributed by atoms with Crippen molar-refractivity contribution >= 4 is 11.6 Å². The summed E-state index contributed by atoms with van der Waals surface area (Å²) in [6.07, 6.45) is 0. The zero-order valence-electron chi connectivity index (χ0n) is 15.4. The molecule has 0 aliphatic rings. The molecule has 0 unspecified atom stereocenters. The minimum absolute atomic E-state index is 0.323. The lowest BCUT2D eigenvalue weighted by Crippen LogP contribution is -2.00. The minimum Gasteiger partial charge on any atom is -0.231 e. The molecule has 0 N–H and O–H groups in total. The normalized spacial score (nSPS) is 11.0. The second kappa shape index (κ2) is 7.21. The Morgan fingerprint density at radius 3 is 1.89 bits per heavy atom. The number of hydrogen-bond donors (Lipinski definition) is 0. The van der Waals surface area contributed by atoms with Crippen LogP contribution in [0.25, 0.3) is 28.2 Å². The van der Waals surface area contributed by atoms with Crippen molar-refractivity contribution in [2.24, 2.45) is 0 Å². The standard InChI is InChI=1S/C23H17ClF2N2/c1-14-3-12-20(13-15(14)2)28-23(17-6-10-19(26)11-7-17)21(24)22(27-28)16-4-8-18(25)9-5-16/h3-13H,1-2H3. The van der Waals surface area contributed by atoms with Gasteiger partial charge in [0.1, 0.15) is 17.3 Å². The molecule has 28 heavy (non-hydrogen) atoms. The van der Waals surface area contributed by atoms with Crippen molar-refractivity contribution in [2.75, 3.05) is 0 Å². The van der Waals surface area contributed by atoms with E-state index >= 15 is 0 Å². The van der Waals surface area contributed by atoms with Crippen LogP contribution in [0.5, 0.6) is 0 Å². The fourth-order valence-corrected chi connectivity index (χ4v) is 3.43. The Labute approximate surface area is 167 Å². The van der Waals surface area contributed by atoms with Crippen molar-refractivity contribution in [2.45, 2.75) is 13.8 Å². The molecule has 0 saturated heterocycles. The molecule has 4 aromatic rings. The molecule has 1 heterocycles. The number of hydrogen-bond acceptors (Lipinski definition) is 1. The van der Waals surface area contributed by atoms with Crippen molar-refractivity contribution < 1.29 is 8.78 Å². The number of rotatable bonds is 3. The molecule has 0 fully saturated rings. The predicted molar refractivity (Wildman–Crippen MR) is 109 cm³/mol. The molecule has 3 aromatic carbocycles. The van der Waals surface area contributed by atoms with Gasteiger partial charge in [-0.1, -0.05) is 17.7 Å². The van der Waals surface area contributed by atoms with Crippen LogP contribution in [0, 0.1) is 25.5 Å². The van der Waals surface area contributed by atoms with Gasteiger partial charge in [0.2, 0.25) is 0 Å². The summed E-state index contributed by atoms with van der Waals surface area (Å²) >= 11 is 6.73. The molecular formula is C23H17ClF2N2. The molecule has 0 saturated carbocycles. The predicted octanol–water partition coefficient (Wildman–Crippen LogP) is 6.75. The molecule has 0 amide bonds. The largest absolute Gasteiger partial charge is 0.231 e. The SMILES string of the molecule is Cc1ccc(-n2nc(-c3ccc(F)cc3)c(Cl)c2-c2ccc(F)cc2)cc1C. The van der Waals surface area contributed by atoms with Crippen molar-refractivity contribution in [3.63, 3.8) is 0 Å². The summed E-state index contributed by atoms with van der Waals surface area (Å²) in [5.41, 5.74) is 5.78. The Hall–Kier alpha value is -2.98. The molecule has 2 nitrogen and oxygen atoms in total. The van der Waals surface area contributed by atoms with Crippen LogP contribution in [0.3, 0.4) is 0 Å². The first-order valence-corrected chi connectivity index (χ1v) is 9.20. The average molecular weight is 395 g/mol. The summed E-state index contributed by atoms with van der Waals surface area (Å²) in [7, 11) is 0. The van der Waals surface area contributed by atoms with E-state index in [-0.39, 0.29) is 11.6 Å². The van der Waals surface area contributed by atoms with Gasteiger partial charge in [-0.15, -0.1) is 0 Å². The Kier molecular flexibility index (Phi) is 4.73. The third kappa shape index (κ3) is 3.32. The van der Waals surface area contributed by atoms with Crippen molar-refractivity contribution in [1.29, 1.82) is 0 Å². The summed E-state index contributed by atoms with van der Waals surface area (Å²) in [4.78, 5) is 0. The highest BCUT2D eigenvalue weighted by Crippen LogP contribution is 2.38. The second-order valence-electron chi connectivity index (χ2n) is 6.71. The summed E-state index contributed by atoms with van der Waals surface area (Å²) in [6, 6.07) is 18.2. The highest BCUT2D eigenvalue weighted by molar-refractivity contribution is 6.35. The third-order valence-corrected chi connectivity index (χ3v) is 5.16. The van der Waals surface area contributed by atoms with E-state index in [0.29, 0.717) is 22.0 Å². The number of aromatic nitrogens is 2. The molecule has 0 aliphatic heterocycles. The lowest BCUT2D eigenvalue weighted by atomic mass is 10.1. The Morgan fingerprint density at radius 2 is 1.32 bits per heavy atom. The molecule has 140 valence electrons. The summed E-state index contributed by atoms with van der Waals surface area (Å²) in [5, 5.41) is 5.15. The summed E-state index contributed by atoms with van der Waals surface area (Å²) in [5.74, 6) is -0.650. The van der Waals surface area contributed by atoms with E-state index in [1.54, 1.807) is 28.9 Å². The molecule has 0 atom stereocenters. The molecule has 4 rings (SSSR count). The first-order valence-electron chi connectivity index (χ1n) is 8.82. The van der Waals surface area contributed by atoms with Gasteiger partial charge < -0.3 is 0 Å². The van der Waals surface area contributed by atoms with E-state index in [2.05, 4.69) is 0 Å². The van der Waals surface area contributed by atoms with Gasteiger partial charge in [0.15, 0.2) is 0 Å². The summed E-state index contributed by atoms with van der Waals surface area (Å²) < 4.78 is 28.5. The summed E-state index contributed by atoms with van der Waals surface area (Å²) in [6.45, 7) is 4.07. The van der Waals surface area contributed by atoms with Gasteiger partial charge in [0.25, 0.3) is 0 Å². The first kappa shape index (κ1) is 18.4. The molecule has 0 bridgehead atoms. The quantitative estimate of drug-likeness (QED) is 0.375.